The van der Waals surface area contributed by atoms with E-state index in [-0.39, 0.29) is 28.9 Å². The molecule has 3 unspecified atom stereocenters. The van der Waals surface area contributed by atoms with E-state index < -0.39 is 21.6 Å². The molecular weight excluding hydrogens is 634 g/mol. The third-order valence-corrected chi connectivity index (χ3v) is 9.28. The van der Waals surface area contributed by atoms with E-state index in [0.717, 1.165) is 22.3 Å². The van der Waals surface area contributed by atoms with Crippen molar-refractivity contribution in [3.05, 3.63) is 107 Å². The van der Waals surface area contributed by atoms with Crippen LogP contribution in [-0.2, 0) is 19.8 Å². The van der Waals surface area contributed by atoms with Crippen LogP contribution in [0.5, 0.6) is 0 Å². The Balaban J connectivity index is 1.25. The minimum atomic E-state index is -0.874. The van der Waals surface area contributed by atoms with Gasteiger partial charge in [-0.2, -0.15) is 12.6 Å². The molecule has 0 radical (unpaired) electrons. The van der Waals surface area contributed by atoms with Crippen LogP contribution in [0.3, 0.4) is 0 Å². The number of thiol groups is 1. The highest BCUT2D eigenvalue weighted by molar-refractivity contribution is 7.93. The first-order valence-corrected chi connectivity index (χ1v) is 17.0. The summed E-state index contributed by atoms with van der Waals surface area (Å²) < 4.78 is -0.537. The van der Waals surface area contributed by atoms with Gasteiger partial charge in [0.1, 0.15) is 22.8 Å². The minimum absolute atomic E-state index is 0.0719. The van der Waals surface area contributed by atoms with Crippen molar-refractivity contribution in [3.63, 3.8) is 0 Å². The van der Waals surface area contributed by atoms with E-state index in [2.05, 4.69) is 53.9 Å². The number of hydrogen-bond donors (Lipinski definition) is 5. The van der Waals surface area contributed by atoms with Gasteiger partial charge in [0.15, 0.2) is 0 Å². The fourth-order valence-electron chi connectivity index (χ4n) is 6.55. The van der Waals surface area contributed by atoms with Crippen LogP contribution >= 0.6 is 31.1 Å². The molecule has 3 aromatic carbocycles. The van der Waals surface area contributed by atoms with Crippen LogP contribution in [0.15, 0.2) is 90.2 Å². The number of carbonyl (C=O) groups is 3. The standard InChI is InChI=1S/C35H40N4O4P2S/c1-22(40)29(30(36)23-11-3-2-4-12-23)31(41)38-28-17-20-39(32(28)42)19-10-9-18-34(33(43)37-21-35(44,45)46)26-15-7-5-13-24(26)25-14-6-8-16-27(25)34/h2-8,11-16,28,36,40,46H,9-10,17-21,44-45H2,1H3,(H,37,43)(H,38,41)/b29-22+,36-30?. The number of aliphatic hydroxyl groups is 1. The normalized spacial score (nSPS) is 17.2. The van der Waals surface area contributed by atoms with Crippen molar-refractivity contribution in [2.75, 3.05) is 19.6 Å². The van der Waals surface area contributed by atoms with Gasteiger partial charge in [0.2, 0.25) is 11.8 Å². The molecule has 0 spiro atoms. The second-order valence-electron chi connectivity index (χ2n) is 12.0. The monoisotopic (exact) mass is 674 g/mol. The Kier molecular flexibility index (Phi) is 10.4. The van der Waals surface area contributed by atoms with E-state index in [9.17, 15) is 19.5 Å². The van der Waals surface area contributed by atoms with Crippen LogP contribution in [0.4, 0.5) is 0 Å². The van der Waals surface area contributed by atoms with Gasteiger partial charge >= 0.3 is 0 Å². The maximum atomic E-state index is 14.1. The Bertz CT molecular complexity index is 1640. The molecule has 0 saturated carbocycles. The lowest BCUT2D eigenvalue weighted by Gasteiger charge is -2.32. The first-order chi connectivity index (χ1) is 21.9. The number of carbonyl (C=O) groups excluding carboxylic acids is 3. The van der Waals surface area contributed by atoms with E-state index in [0.29, 0.717) is 50.9 Å². The minimum Gasteiger partial charge on any atom is -0.512 e. The third kappa shape index (κ3) is 6.92. The van der Waals surface area contributed by atoms with E-state index in [1.165, 1.54) is 6.92 Å². The molecule has 0 bridgehead atoms. The zero-order valence-corrected chi connectivity index (χ0v) is 29.0. The van der Waals surface area contributed by atoms with Gasteiger partial charge < -0.3 is 20.6 Å². The van der Waals surface area contributed by atoms with Crippen LogP contribution in [0.25, 0.3) is 11.1 Å². The summed E-state index contributed by atoms with van der Waals surface area (Å²) in [6, 6.07) is 24.1. The maximum absolute atomic E-state index is 14.1. The van der Waals surface area contributed by atoms with Crippen LogP contribution < -0.4 is 10.6 Å². The number of hydrogen-bond acceptors (Lipinski definition) is 6. The molecule has 2 aliphatic rings. The Labute approximate surface area is 280 Å². The summed E-state index contributed by atoms with van der Waals surface area (Å²) in [4.78, 5) is 42.3. The molecule has 3 atom stereocenters. The van der Waals surface area contributed by atoms with Crippen LogP contribution in [0.1, 0.15) is 49.3 Å². The quantitative estimate of drug-likeness (QED) is 0.0454. The number of unbranched alkanes of at least 4 members (excludes halogenated alkanes) is 1. The number of aliphatic hydroxyl groups excluding tert-OH is 1. The largest absolute Gasteiger partial charge is 0.512 e. The van der Waals surface area contributed by atoms with Crippen LogP contribution in [0.2, 0.25) is 0 Å². The number of benzene rings is 3. The average molecular weight is 675 g/mol. The Morgan fingerprint density at radius 3 is 2.17 bits per heavy atom. The number of nitrogens with one attached hydrogen (secondary N) is 3. The van der Waals surface area contributed by atoms with Gasteiger partial charge in [-0.05, 0) is 54.9 Å². The van der Waals surface area contributed by atoms with Crippen molar-refractivity contribution in [2.45, 2.75) is 48.3 Å². The molecule has 240 valence electrons. The van der Waals surface area contributed by atoms with Crippen molar-refractivity contribution < 1.29 is 19.5 Å². The lowest BCUT2D eigenvalue weighted by atomic mass is 9.73. The molecule has 4 N–H and O–H groups in total. The zero-order chi connectivity index (χ0) is 33.1. The molecule has 1 saturated heterocycles. The van der Waals surface area contributed by atoms with Crippen LogP contribution in [0, 0.1) is 5.41 Å². The fraction of sp³-hybridized carbons (Fsp3) is 0.314. The molecule has 5 rings (SSSR count). The molecule has 3 aromatic rings. The Hall–Kier alpha value is -3.51. The van der Waals surface area contributed by atoms with Gasteiger partial charge in [0.05, 0.1) is 9.94 Å². The molecule has 46 heavy (non-hydrogen) atoms. The smallest absolute Gasteiger partial charge is 0.257 e. The maximum Gasteiger partial charge on any atom is 0.257 e. The molecule has 8 nitrogen and oxygen atoms in total. The number of fused-ring (bicyclic) bond motifs is 3. The van der Waals surface area contributed by atoms with Crippen LogP contribution in [-0.4, -0.2) is 63.3 Å². The Morgan fingerprint density at radius 2 is 1.59 bits per heavy atom. The van der Waals surface area contributed by atoms with Gasteiger partial charge in [-0.1, -0.05) is 78.9 Å². The third-order valence-electron chi connectivity index (χ3n) is 8.72. The first-order valence-electron chi connectivity index (χ1n) is 15.4. The van der Waals surface area contributed by atoms with Crippen molar-refractivity contribution in [3.8, 4) is 11.1 Å². The summed E-state index contributed by atoms with van der Waals surface area (Å²) in [6.07, 6.45) is 2.36. The molecule has 1 fully saturated rings. The summed E-state index contributed by atoms with van der Waals surface area (Å²) in [5.41, 5.74) is 3.43. The average Bonchev–Trinajstić information content (AvgIpc) is 3.52. The fourth-order valence-corrected chi connectivity index (χ4v) is 6.83. The van der Waals surface area contributed by atoms with E-state index >= 15 is 0 Å². The molecule has 1 aliphatic carbocycles. The number of amides is 3. The zero-order valence-electron chi connectivity index (χ0n) is 25.8. The number of likely N-dealkylation sites (tertiary alicyclic amines) is 1. The summed E-state index contributed by atoms with van der Waals surface area (Å²) in [6.45, 7) is 2.69. The highest BCUT2D eigenvalue weighted by Gasteiger charge is 2.48. The van der Waals surface area contributed by atoms with E-state index in [1.807, 2.05) is 36.4 Å². The number of nitrogens with zero attached hydrogens (tertiary/aromatic N) is 1. The van der Waals surface area contributed by atoms with Crippen molar-refractivity contribution in [1.82, 2.24) is 15.5 Å². The van der Waals surface area contributed by atoms with Gasteiger partial charge in [-0.15, -0.1) is 18.5 Å². The summed E-state index contributed by atoms with van der Waals surface area (Å²) in [5, 5.41) is 24.6. The van der Waals surface area contributed by atoms with Gasteiger partial charge in [-0.25, -0.2) is 0 Å². The molecular formula is C35H40N4O4P2S. The predicted molar refractivity (Wildman–Crippen MR) is 192 cm³/mol. The summed E-state index contributed by atoms with van der Waals surface area (Å²) >= 11 is 4.55. The molecule has 11 heteroatoms. The molecule has 0 aromatic heterocycles. The van der Waals surface area contributed by atoms with Gasteiger partial charge in [-0.3, -0.25) is 19.8 Å². The predicted octanol–water partition coefficient (Wildman–Crippen LogP) is 5.19. The second-order valence-corrected chi connectivity index (χ2v) is 16.5. The lowest BCUT2D eigenvalue weighted by Crippen LogP contribution is -2.46. The van der Waals surface area contributed by atoms with Gasteiger partial charge in [0.25, 0.3) is 5.91 Å². The number of allylic oxidation sites excluding steroid dienone is 1. The van der Waals surface area contributed by atoms with Crippen molar-refractivity contribution in [1.29, 1.82) is 5.41 Å². The second kappa shape index (κ2) is 14.1. The lowest BCUT2D eigenvalue weighted by molar-refractivity contribution is -0.131. The van der Waals surface area contributed by atoms with E-state index in [1.54, 1.807) is 35.2 Å². The first kappa shape index (κ1) is 33.8. The topological polar surface area (TPSA) is 123 Å². The van der Waals surface area contributed by atoms with Crippen molar-refractivity contribution >= 4 is 54.5 Å². The summed E-state index contributed by atoms with van der Waals surface area (Å²) in [7, 11) is 5.24. The SMILES string of the molecule is C/C(O)=C(/C(=N)c1ccccc1)C(=O)NC1CCN(CCCCC2(C(=O)NCC(P)(P)S)c3ccccc3-c3ccccc32)C1=O. The van der Waals surface area contributed by atoms with Gasteiger partial charge in [0, 0.05) is 25.2 Å². The Morgan fingerprint density at radius 1 is 1.00 bits per heavy atom. The molecule has 3 amide bonds. The van der Waals surface area contributed by atoms with E-state index in [4.69, 9.17) is 5.41 Å². The molecule has 1 aliphatic heterocycles. The molecule has 1 heterocycles. The number of rotatable bonds is 12. The van der Waals surface area contributed by atoms with Crippen molar-refractivity contribution in [2.24, 2.45) is 0 Å². The summed E-state index contributed by atoms with van der Waals surface area (Å²) in [5.74, 6) is -1.19. The highest BCUT2D eigenvalue weighted by atomic mass is 32.1. The highest BCUT2D eigenvalue weighted by Crippen LogP contribution is 2.51.